The van der Waals surface area contributed by atoms with Gasteiger partial charge in [-0.2, -0.15) is 0 Å². The van der Waals surface area contributed by atoms with Crippen LogP contribution >= 0.6 is 11.8 Å². The number of carbonyl (C=O) groups excluding carboxylic acids is 1. The third kappa shape index (κ3) is 6.37. The molecular formula is C22H29NO4S. The first kappa shape index (κ1) is 22.0. The molecule has 152 valence electrons. The van der Waals surface area contributed by atoms with Crippen LogP contribution in [0.5, 0.6) is 17.2 Å². The number of nitrogens with one attached hydrogen (secondary N) is 1. The van der Waals surface area contributed by atoms with Gasteiger partial charge < -0.3 is 19.5 Å². The van der Waals surface area contributed by atoms with Gasteiger partial charge in [-0.15, -0.1) is 11.8 Å². The Balaban J connectivity index is 2.01. The van der Waals surface area contributed by atoms with Crippen LogP contribution in [-0.2, 0) is 4.79 Å². The number of benzene rings is 2. The Labute approximate surface area is 171 Å². The molecule has 0 aliphatic heterocycles. The van der Waals surface area contributed by atoms with Gasteiger partial charge in [0, 0.05) is 4.90 Å². The molecule has 0 saturated carbocycles. The van der Waals surface area contributed by atoms with Gasteiger partial charge in [-0.25, -0.2) is 0 Å². The summed E-state index contributed by atoms with van der Waals surface area (Å²) >= 11 is 1.47. The lowest BCUT2D eigenvalue weighted by Gasteiger charge is -2.21. The second-order valence-corrected chi connectivity index (χ2v) is 7.88. The molecule has 5 nitrogen and oxygen atoms in total. The lowest BCUT2D eigenvalue weighted by molar-refractivity contribution is -0.119. The van der Waals surface area contributed by atoms with Crippen molar-refractivity contribution in [3.8, 4) is 17.2 Å². The maximum atomic E-state index is 12.6. The zero-order valence-corrected chi connectivity index (χ0v) is 18.0. The third-order valence-corrected chi connectivity index (χ3v) is 5.28. The summed E-state index contributed by atoms with van der Waals surface area (Å²) in [7, 11) is 4.85. The third-order valence-electron chi connectivity index (χ3n) is 4.29. The van der Waals surface area contributed by atoms with Crippen molar-refractivity contribution in [1.29, 1.82) is 0 Å². The Morgan fingerprint density at radius 3 is 2.21 bits per heavy atom. The van der Waals surface area contributed by atoms with Gasteiger partial charge >= 0.3 is 0 Å². The normalized spacial score (nSPS) is 11.8. The van der Waals surface area contributed by atoms with Crippen LogP contribution in [0, 0.1) is 5.92 Å². The molecule has 1 amide bonds. The SMILES string of the molecule is COc1ccc([C@@H](CC(C)C)NC(=O)CSc2ccc(OC)c(OC)c2)cc1. The highest BCUT2D eigenvalue weighted by Gasteiger charge is 2.17. The predicted octanol–water partition coefficient (Wildman–Crippen LogP) is 4.71. The topological polar surface area (TPSA) is 56.8 Å². The summed E-state index contributed by atoms with van der Waals surface area (Å²) in [6, 6.07) is 13.5. The maximum absolute atomic E-state index is 12.6. The first-order valence-electron chi connectivity index (χ1n) is 9.25. The minimum atomic E-state index is -0.0237. The van der Waals surface area contributed by atoms with Crippen molar-refractivity contribution in [1.82, 2.24) is 5.32 Å². The van der Waals surface area contributed by atoms with E-state index in [4.69, 9.17) is 14.2 Å². The van der Waals surface area contributed by atoms with E-state index in [-0.39, 0.29) is 11.9 Å². The fourth-order valence-electron chi connectivity index (χ4n) is 2.88. The van der Waals surface area contributed by atoms with Gasteiger partial charge in [-0.1, -0.05) is 26.0 Å². The number of thioether (sulfide) groups is 1. The summed E-state index contributed by atoms with van der Waals surface area (Å²) in [5.74, 6) is 2.94. The molecule has 6 heteroatoms. The molecule has 0 radical (unpaired) electrons. The molecule has 28 heavy (non-hydrogen) atoms. The molecule has 0 aromatic heterocycles. The van der Waals surface area contributed by atoms with Gasteiger partial charge in [-0.05, 0) is 48.2 Å². The van der Waals surface area contributed by atoms with E-state index < -0.39 is 0 Å². The Morgan fingerprint density at radius 1 is 0.964 bits per heavy atom. The average molecular weight is 404 g/mol. The highest BCUT2D eigenvalue weighted by Crippen LogP contribution is 2.32. The van der Waals surface area contributed by atoms with Crippen LogP contribution < -0.4 is 19.5 Å². The van der Waals surface area contributed by atoms with Gasteiger partial charge in [-0.3, -0.25) is 4.79 Å². The van der Waals surface area contributed by atoms with Crippen LogP contribution in [0.15, 0.2) is 47.4 Å². The second-order valence-electron chi connectivity index (χ2n) is 6.83. The van der Waals surface area contributed by atoms with Crippen molar-refractivity contribution in [3.05, 3.63) is 48.0 Å². The van der Waals surface area contributed by atoms with Crippen molar-refractivity contribution in [2.45, 2.75) is 31.2 Å². The maximum Gasteiger partial charge on any atom is 0.230 e. The van der Waals surface area contributed by atoms with Gasteiger partial charge in [0.2, 0.25) is 5.91 Å². The second kappa shape index (κ2) is 10.9. The first-order valence-corrected chi connectivity index (χ1v) is 10.2. The highest BCUT2D eigenvalue weighted by atomic mass is 32.2. The first-order chi connectivity index (χ1) is 13.5. The predicted molar refractivity (Wildman–Crippen MR) is 114 cm³/mol. The minimum absolute atomic E-state index is 0.00116. The lowest BCUT2D eigenvalue weighted by Crippen LogP contribution is -2.30. The molecule has 2 aromatic carbocycles. The van der Waals surface area contributed by atoms with Crippen LogP contribution in [-0.4, -0.2) is 33.0 Å². The van der Waals surface area contributed by atoms with Gasteiger partial charge in [0.05, 0.1) is 33.1 Å². The summed E-state index contributed by atoms with van der Waals surface area (Å²) < 4.78 is 15.8. The molecule has 2 aromatic rings. The van der Waals surface area contributed by atoms with E-state index in [9.17, 15) is 4.79 Å². The summed E-state index contributed by atoms with van der Waals surface area (Å²) in [6.45, 7) is 4.31. The molecule has 0 heterocycles. The Hall–Kier alpha value is -2.34. The number of methoxy groups -OCH3 is 3. The Morgan fingerprint density at radius 2 is 1.64 bits per heavy atom. The number of hydrogen-bond donors (Lipinski definition) is 1. The fraction of sp³-hybridized carbons (Fsp3) is 0.409. The van der Waals surface area contributed by atoms with Gasteiger partial charge in [0.15, 0.2) is 11.5 Å². The van der Waals surface area contributed by atoms with Crippen molar-refractivity contribution < 1.29 is 19.0 Å². The van der Waals surface area contributed by atoms with Crippen molar-refractivity contribution in [2.24, 2.45) is 5.92 Å². The smallest absolute Gasteiger partial charge is 0.230 e. The molecule has 2 rings (SSSR count). The van der Waals surface area contributed by atoms with Crippen molar-refractivity contribution in [3.63, 3.8) is 0 Å². The molecule has 0 saturated heterocycles. The van der Waals surface area contributed by atoms with Crippen molar-refractivity contribution >= 4 is 17.7 Å². The van der Waals surface area contributed by atoms with E-state index in [1.807, 2.05) is 42.5 Å². The summed E-state index contributed by atoms with van der Waals surface area (Å²) in [5.41, 5.74) is 1.08. The standard InChI is InChI=1S/C22H29NO4S/c1-15(2)12-19(16-6-8-17(25-3)9-7-16)23-22(24)14-28-18-10-11-20(26-4)21(13-18)27-5/h6-11,13,15,19H,12,14H2,1-5H3,(H,23,24)/t19-/m1/s1. The molecular weight excluding hydrogens is 374 g/mol. The lowest BCUT2D eigenvalue weighted by atomic mass is 9.97. The molecule has 0 aliphatic rings. The zero-order valence-electron chi connectivity index (χ0n) is 17.2. The van der Waals surface area contributed by atoms with Crippen LogP contribution in [0.1, 0.15) is 31.9 Å². The molecule has 0 bridgehead atoms. The quantitative estimate of drug-likeness (QED) is 0.582. The Kier molecular flexibility index (Phi) is 8.51. The molecule has 1 atom stereocenters. The monoisotopic (exact) mass is 403 g/mol. The molecule has 0 spiro atoms. The summed E-state index contributed by atoms with van der Waals surface area (Å²) in [4.78, 5) is 13.5. The molecule has 0 fully saturated rings. The van der Waals surface area contributed by atoms with Crippen molar-refractivity contribution in [2.75, 3.05) is 27.1 Å². The summed E-state index contributed by atoms with van der Waals surface area (Å²) in [5, 5.41) is 3.17. The van der Waals surface area contributed by atoms with E-state index in [2.05, 4.69) is 19.2 Å². The Bertz CT molecular complexity index is 762. The van der Waals surface area contributed by atoms with E-state index in [1.165, 1.54) is 11.8 Å². The number of rotatable bonds is 10. The average Bonchev–Trinajstić information content (AvgIpc) is 2.71. The van der Waals surface area contributed by atoms with E-state index in [0.717, 1.165) is 22.6 Å². The largest absolute Gasteiger partial charge is 0.497 e. The number of amides is 1. The van der Waals surface area contributed by atoms with Gasteiger partial charge in [0.1, 0.15) is 5.75 Å². The summed E-state index contributed by atoms with van der Waals surface area (Å²) in [6.07, 6.45) is 0.874. The van der Waals surface area contributed by atoms with Crippen LogP contribution in [0.2, 0.25) is 0 Å². The van der Waals surface area contributed by atoms with E-state index in [1.54, 1.807) is 21.3 Å². The van der Waals surface area contributed by atoms with E-state index in [0.29, 0.717) is 23.2 Å². The molecule has 0 unspecified atom stereocenters. The highest BCUT2D eigenvalue weighted by molar-refractivity contribution is 8.00. The number of ether oxygens (including phenoxy) is 3. The minimum Gasteiger partial charge on any atom is -0.497 e. The van der Waals surface area contributed by atoms with Gasteiger partial charge in [0.25, 0.3) is 0 Å². The molecule has 1 N–H and O–H groups in total. The van der Waals surface area contributed by atoms with Crippen LogP contribution in [0.25, 0.3) is 0 Å². The number of carbonyl (C=O) groups is 1. The van der Waals surface area contributed by atoms with Crippen LogP contribution in [0.3, 0.4) is 0 Å². The fourth-order valence-corrected chi connectivity index (χ4v) is 3.61. The number of hydrogen-bond acceptors (Lipinski definition) is 5. The van der Waals surface area contributed by atoms with Crippen LogP contribution in [0.4, 0.5) is 0 Å². The molecule has 0 aliphatic carbocycles. The van der Waals surface area contributed by atoms with E-state index >= 15 is 0 Å². The zero-order chi connectivity index (χ0) is 20.5.